The van der Waals surface area contributed by atoms with Gasteiger partial charge in [-0.2, -0.15) is 0 Å². The summed E-state index contributed by atoms with van der Waals surface area (Å²) in [4.78, 5) is 12.7. The zero-order valence-electron chi connectivity index (χ0n) is 15.0. The number of aliphatic hydroxyl groups excluding tert-OH is 5. The number of carbonyl (C=O) groups is 1. The minimum Gasteiger partial charge on any atom is -0.392 e. The highest BCUT2D eigenvalue weighted by molar-refractivity contribution is 6.01. The van der Waals surface area contributed by atoms with Crippen LogP contribution >= 0.6 is 0 Å². The SMILES string of the molecule is CC.O=C(c1cc(CO)c(CO)c(CO)c1CO)C(O)c1ccccc1. The Morgan fingerprint density at radius 3 is 1.85 bits per heavy atom. The monoisotopic (exact) mass is 362 g/mol. The van der Waals surface area contributed by atoms with Gasteiger partial charge in [0, 0.05) is 5.56 Å². The average molecular weight is 362 g/mol. The van der Waals surface area contributed by atoms with Crippen molar-refractivity contribution in [1.29, 1.82) is 0 Å². The predicted molar refractivity (Wildman–Crippen MR) is 97.2 cm³/mol. The van der Waals surface area contributed by atoms with Crippen LogP contribution in [-0.4, -0.2) is 31.3 Å². The first-order valence-corrected chi connectivity index (χ1v) is 8.46. The molecule has 0 radical (unpaired) electrons. The molecule has 26 heavy (non-hydrogen) atoms. The van der Waals surface area contributed by atoms with Crippen LogP contribution in [0.15, 0.2) is 36.4 Å². The van der Waals surface area contributed by atoms with Crippen molar-refractivity contribution in [2.75, 3.05) is 0 Å². The van der Waals surface area contributed by atoms with Gasteiger partial charge in [-0.3, -0.25) is 4.79 Å². The average Bonchev–Trinajstić information content (AvgIpc) is 2.72. The molecule has 2 aromatic carbocycles. The van der Waals surface area contributed by atoms with E-state index in [0.29, 0.717) is 5.56 Å². The van der Waals surface area contributed by atoms with Crippen LogP contribution in [0.5, 0.6) is 0 Å². The second kappa shape index (κ2) is 10.8. The highest BCUT2D eigenvalue weighted by Gasteiger charge is 2.25. The Bertz CT molecular complexity index is 712. The minimum absolute atomic E-state index is 0.0131. The van der Waals surface area contributed by atoms with Gasteiger partial charge in [0.2, 0.25) is 0 Å². The summed E-state index contributed by atoms with van der Waals surface area (Å²) in [6.07, 6.45) is -1.44. The smallest absolute Gasteiger partial charge is 0.196 e. The van der Waals surface area contributed by atoms with Crippen LogP contribution in [-0.2, 0) is 26.4 Å². The molecule has 0 aliphatic rings. The van der Waals surface area contributed by atoms with Gasteiger partial charge in [0.05, 0.1) is 26.4 Å². The molecule has 0 saturated heterocycles. The summed E-state index contributed by atoms with van der Waals surface area (Å²) in [7, 11) is 0. The zero-order chi connectivity index (χ0) is 19.7. The van der Waals surface area contributed by atoms with Crippen LogP contribution in [0.4, 0.5) is 0 Å². The molecule has 0 heterocycles. The Hall–Kier alpha value is -2.09. The third kappa shape index (κ3) is 4.55. The summed E-state index contributed by atoms with van der Waals surface area (Å²) < 4.78 is 0. The van der Waals surface area contributed by atoms with E-state index in [2.05, 4.69) is 0 Å². The van der Waals surface area contributed by atoms with Gasteiger partial charge < -0.3 is 25.5 Å². The summed E-state index contributed by atoms with van der Waals surface area (Å²) in [6, 6.07) is 9.67. The van der Waals surface area contributed by atoms with Gasteiger partial charge in [0.1, 0.15) is 6.10 Å². The van der Waals surface area contributed by atoms with Gasteiger partial charge in [0.25, 0.3) is 0 Å². The summed E-state index contributed by atoms with van der Waals surface area (Å²) in [5.41, 5.74) is 1.28. The lowest BCUT2D eigenvalue weighted by Gasteiger charge is -2.20. The molecule has 0 saturated carbocycles. The number of hydrogen-bond donors (Lipinski definition) is 5. The van der Waals surface area contributed by atoms with Crippen LogP contribution in [0, 0.1) is 0 Å². The maximum absolute atomic E-state index is 12.7. The Kier molecular flexibility index (Phi) is 9.12. The lowest BCUT2D eigenvalue weighted by atomic mass is 9.88. The van der Waals surface area contributed by atoms with Crippen LogP contribution in [0.1, 0.15) is 58.1 Å². The molecule has 1 unspecified atom stereocenters. The van der Waals surface area contributed by atoms with Gasteiger partial charge in [-0.1, -0.05) is 44.2 Å². The van der Waals surface area contributed by atoms with E-state index < -0.39 is 38.3 Å². The van der Waals surface area contributed by atoms with E-state index in [1.807, 2.05) is 13.8 Å². The second-order valence-electron chi connectivity index (χ2n) is 5.33. The van der Waals surface area contributed by atoms with Crippen LogP contribution in [0.2, 0.25) is 0 Å². The number of aliphatic hydroxyl groups is 5. The van der Waals surface area contributed by atoms with E-state index in [1.54, 1.807) is 30.3 Å². The number of benzene rings is 2. The third-order valence-electron chi connectivity index (χ3n) is 4.03. The van der Waals surface area contributed by atoms with Gasteiger partial charge in [-0.05, 0) is 33.9 Å². The standard InChI is InChI=1S/C18H20O6.C2H6/c19-7-12-6-13(15(9-21)16(10-22)14(12)8-20)18(24)17(23)11-4-2-1-3-5-11;1-2/h1-6,17,19-23H,7-10H2;1-2H3. The molecule has 2 rings (SSSR count). The maximum Gasteiger partial charge on any atom is 0.196 e. The molecular weight excluding hydrogens is 336 g/mol. The van der Waals surface area contributed by atoms with Gasteiger partial charge in [0.15, 0.2) is 5.78 Å². The number of carbonyl (C=O) groups excluding carboxylic acids is 1. The molecule has 142 valence electrons. The van der Waals surface area contributed by atoms with E-state index in [0.717, 1.165) is 0 Å². The van der Waals surface area contributed by atoms with Crippen molar-refractivity contribution in [3.05, 3.63) is 69.8 Å². The molecule has 0 fully saturated rings. The van der Waals surface area contributed by atoms with Crippen LogP contribution in [0.3, 0.4) is 0 Å². The molecular formula is C20H26O6. The molecule has 0 aromatic heterocycles. The quantitative estimate of drug-likeness (QED) is 0.478. The Labute approximate surface area is 153 Å². The van der Waals surface area contributed by atoms with Crippen LogP contribution in [0.25, 0.3) is 0 Å². The predicted octanol–water partition coefficient (Wildman–Crippen LogP) is 1.60. The molecule has 0 bridgehead atoms. The highest BCUT2D eigenvalue weighted by atomic mass is 16.3. The summed E-state index contributed by atoms with van der Waals surface area (Å²) >= 11 is 0. The summed E-state index contributed by atoms with van der Waals surface area (Å²) in [5, 5.41) is 48.4. The fraction of sp³-hybridized carbons (Fsp3) is 0.350. The fourth-order valence-corrected chi connectivity index (χ4v) is 2.75. The van der Waals surface area contributed by atoms with E-state index in [1.165, 1.54) is 6.07 Å². The molecule has 0 aliphatic carbocycles. The lowest BCUT2D eigenvalue weighted by molar-refractivity contribution is 0.0743. The maximum atomic E-state index is 12.7. The van der Waals surface area contributed by atoms with E-state index >= 15 is 0 Å². The fourth-order valence-electron chi connectivity index (χ4n) is 2.75. The summed E-state index contributed by atoms with van der Waals surface area (Å²) in [6.45, 7) is 2.04. The molecule has 5 N–H and O–H groups in total. The molecule has 6 heteroatoms. The van der Waals surface area contributed by atoms with E-state index in [4.69, 9.17) is 0 Å². The molecule has 0 spiro atoms. The summed E-state index contributed by atoms with van der Waals surface area (Å²) in [5.74, 6) is -0.654. The molecule has 6 nitrogen and oxygen atoms in total. The number of ketones is 1. The van der Waals surface area contributed by atoms with Crippen molar-refractivity contribution in [2.24, 2.45) is 0 Å². The van der Waals surface area contributed by atoms with Gasteiger partial charge in [-0.15, -0.1) is 0 Å². The van der Waals surface area contributed by atoms with Gasteiger partial charge in [-0.25, -0.2) is 0 Å². The lowest BCUT2D eigenvalue weighted by Crippen LogP contribution is -2.18. The first-order chi connectivity index (χ1) is 12.6. The van der Waals surface area contributed by atoms with E-state index in [9.17, 15) is 30.3 Å². The van der Waals surface area contributed by atoms with Gasteiger partial charge >= 0.3 is 0 Å². The van der Waals surface area contributed by atoms with Crippen molar-refractivity contribution in [3.63, 3.8) is 0 Å². The number of rotatable bonds is 7. The first-order valence-electron chi connectivity index (χ1n) is 8.46. The topological polar surface area (TPSA) is 118 Å². The van der Waals surface area contributed by atoms with Crippen LogP contribution < -0.4 is 0 Å². The Morgan fingerprint density at radius 1 is 0.846 bits per heavy atom. The minimum atomic E-state index is -1.44. The first kappa shape index (κ1) is 22.0. The largest absolute Gasteiger partial charge is 0.392 e. The highest BCUT2D eigenvalue weighted by Crippen LogP contribution is 2.28. The van der Waals surface area contributed by atoms with E-state index in [-0.39, 0.29) is 27.8 Å². The normalized spacial score (nSPS) is 11.5. The van der Waals surface area contributed by atoms with Crippen molar-refractivity contribution in [1.82, 2.24) is 0 Å². The van der Waals surface area contributed by atoms with Crippen molar-refractivity contribution >= 4 is 5.78 Å². The third-order valence-corrected chi connectivity index (χ3v) is 4.03. The van der Waals surface area contributed by atoms with Crippen molar-refractivity contribution in [3.8, 4) is 0 Å². The Balaban J connectivity index is 0.00000163. The zero-order valence-corrected chi connectivity index (χ0v) is 15.0. The number of Topliss-reactive ketones (excluding diaryl/α,β-unsaturated/α-hetero) is 1. The molecule has 0 aliphatic heterocycles. The Morgan fingerprint density at radius 2 is 1.38 bits per heavy atom. The molecule has 0 amide bonds. The molecule has 2 aromatic rings. The molecule has 1 atom stereocenters. The van der Waals surface area contributed by atoms with Crippen molar-refractivity contribution in [2.45, 2.75) is 46.4 Å². The second-order valence-corrected chi connectivity index (χ2v) is 5.33. The van der Waals surface area contributed by atoms with Crippen molar-refractivity contribution < 1.29 is 30.3 Å². The number of hydrogen-bond acceptors (Lipinski definition) is 6.